The Labute approximate surface area is 188 Å². The Morgan fingerprint density at radius 1 is 0.935 bits per heavy atom. The Balaban J connectivity index is 1.53. The van der Waals surface area contributed by atoms with Crippen LogP contribution in [0.1, 0.15) is 16.7 Å². The Morgan fingerprint density at radius 2 is 1.65 bits per heavy atom. The van der Waals surface area contributed by atoms with Crippen LogP contribution in [0.15, 0.2) is 79.1 Å². The molecule has 3 rings (SSSR count). The molecule has 1 aromatic heterocycles. The molecule has 1 heterocycles. The SMILES string of the molecule is COc1ccc(CNC(=O)CNC(=S)N(Cc2ccccc2)Cc2cccnc2)cc1. The maximum absolute atomic E-state index is 12.3. The fourth-order valence-electron chi connectivity index (χ4n) is 2.99. The van der Waals surface area contributed by atoms with Gasteiger partial charge in [-0.05, 0) is 47.1 Å². The van der Waals surface area contributed by atoms with Gasteiger partial charge in [-0.2, -0.15) is 0 Å². The topological polar surface area (TPSA) is 66.5 Å². The number of methoxy groups -OCH3 is 1. The molecule has 31 heavy (non-hydrogen) atoms. The first kappa shape index (κ1) is 22.2. The highest BCUT2D eigenvalue weighted by molar-refractivity contribution is 7.80. The van der Waals surface area contributed by atoms with E-state index in [1.165, 1.54) is 0 Å². The van der Waals surface area contributed by atoms with Crippen LogP contribution in [0.2, 0.25) is 0 Å². The number of hydrogen-bond donors (Lipinski definition) is 2. The summed E-state index contributed by atoms with van der Waals surface area (Å²) in [5, 5.41) is 6.50. The van der Waals surface area contributed by atoms with Crippen molar-refractivity contribution in [3.8, 4) is 5.75 Å². The zero-order valence-electron chi connectivity index (χ0n) is 17.5. The molecule has 0 unspecified atom stereocenters. The standard InChI is InChI=1S/C24H26N4O2S/c1-30-22-11-9-19(10-12-22)15-26-23(29)16-27-24(31)28(17-20-6-3-2-4-7-20)18-21-8-5-13-25-14-21/h2-14H,15-18H2,1H3,(H,26,29)(H,27,31). The smallest absolute Gasteiger partial charge is 0.239 e. The summed E-state index contributed by atoms with van der Waals surface area (Å²) < 4.78 is 5.15. The van der Waals surface area contributed by atoms with Crippen molar-refractivity contribution in [2.45, 2.75) is 19.6 Å². The lowest BCUT2D eigenvalue weighted by Gasteiger charge is -2.26. The number of nitrogens with one attached hydrogen (secondary N) is 2. The maximum atomic E-state index is 12.3. The molecule has 7 heteroatoms. The van der Waals surface area contributed by atoms with Crippen LogP contribution in [-0.2, 0) is 24.4 Å². The Hall–Kier alpha value is -3.45. The molecule has 0 atom stereocenters. The lowest BCUT2D eigenvalue weighted by Crippen LogP contribution is -2.43. The van der Waals surface area contributed by atoms with E-state index in [0.29, 0.717) is 24.7 Å². The second-order valence-electron chi connectivity index (χ2n) is 6.99. The first-order chi connectivity index (χ1) is 15.1. The van der Waals surface area contributed by atoms with Gasteiger partial charge in [0.05, 0.1) is 13.7 Å². The van der Waals surface area contributed by atoms with Gasteiger partial charge < -0.3 is 20.3 Å². The Morgan fingerprint density at radius 3 is 2.32 bits per heavy atom. The summed E-state index contributed by atoms with van der Waals surface area (Å²) in [6.45, 7) is 1.78. The van der Waals surface area contributed by atoms with Gasteiger partial charge in [-0.1, -0.05) is 48.5 Å². The van der Waals surface area contributed by atoms with E-state index in [1.807, 2.05) is 65.7 Å². The van der Waals surface area contributed by atoms with E-state index in [4.69, 9.17) is 17.0 Å². The highest BCUT2D eigenvalue weighted by atomic mass is 32.1. The van der Waals surface area contributed by atoms with Gasteiger partial charge in [0.2, 0.25) is 5.91 Å². The van der Waals surface area contributed by atoms with Gasteiger partial charge in [0.25, 0.3) is 0 Å². The quantitative estimate of drug-likeness (QED) is 0.504. The minimum atomic E-state index is -0.126. The van der Waals surface area contributed by atoms with Crippen molar-refractivity contribution in [1.82, 2.24) is 20.5 Å². The molecule has 0 aliphatic carbocycles. The first-order valence-electron chi connectivity index (χ1n) is 9.99. The zero-order chi connectivity index (χ0) is 21.9. The zero-order valence-corrected chi connectivity index (χ0v) is 18.3. The average Bonchev–Trinajstić information content (AvgIpc) is 2.82. The van der Waals surface area contributed by atoms with Gasteiger partial charge in [0.15, 0.2) is 5.11 Å². The van der Waals surface area contributed by atoms with Crippen molar-refractivity contribution in [3.05, 3.63) is 95.8 Å². The summed E-state index contributed by atoms with van der Waals surface area (Å²) in [4.78, 5) is 18.5. The molecule has 1 amide bonds. The number of benzene rings is 2. The van der Waals surface area contributed by atoms with E-state index in [9.17, 15) is 4.79 Å². The summed E-state index contributed by atoms with van der Waals surface area (Å²) in [7, 11) is 1.63. The first-order valence-corrected chi connectivity index (χ1v) is 10.4. The maximum Gasteiger partial charge on any atom is 0.239 e. The number of thiocarbonyl (C=S) groups is 1. The van der Waals surface area contributed by atoms with Crippen molar-refractivity contribution in [2.75, 3.05) is 13.7 Å². The van der Waals surface area contributed by atoms with Crippen LogP contribution >= 0.6 is 12.2 Å². The fraction of sp³-hybridized carbons (Fsp3) is 0.208. The van der Waals surface area contributed by atoms with Crippen molar-refractivity contribution < 1.29 is 9.53 Å². The number of ether oxygens (including phenoxy) is 1. The molecule has 0 spiro atoms. The molecule has 0 bridgehead atoms. The summed E-state index contributed by atoms with van der Waals surface area (Å²) >= 11 is 5.60. The minimum absolute atomic E-state index is 0.104. The third kappa shape index (κ3) is 7.38. The molecule has 3 aromatic rings. The van der Waals surface area contributed by atoms with Crippen molar-refractivity contribution >= 4 is 23.2 Å². The third-order valence-corrected chi connectivity index (χ3v) is 5.05. The van der Waals surface area contributed by atoms with Crippen LogP contribution in [0.5, 0.6) is 5.75 Å². The lowest BCUT2D eigenvalue weighted by atomic mass is 10.2. The number of aromatic nitrogens is 1. The van der Waals surface area contributed by atoms with E-state index >= 15 is 0 Å². The van der Waals surface area contributed by atoms with E-state index in [0.717, 1.165) is 22.4 Å². The summed E-state index contributed by atoms with van der Waals surface area (Å²) in [5.41, 5.74) is 3.19. The highest BCUT2D eigenvalue weighted by Gasteiger charge is 2.13. The van der Waals surface area contributed by atoms with Gasteiger partial charge in [-0.3, -0.25) is 9.78 Å². The second-order valence-corrected chi connectivity index (χ2v) is 7.37. The molecular formula is C24H26N4O2S. The molecule has 160 valence electrons. The van der Waals surface area contributed by atoms with Crippen LogP contribution < -0.4 is 15.4 Å². The monoisotopic (exact) mass is 434 g/mol. The average molecular weight is 435 g/mol. The van der Waals surface area contributed by atoms with Gasteiger partial charge in [-0.25, -0.2) is 0 Å². The highest BCUT2D eigenvalue weighted by Crippen LogP contribution is 2.11. The Bertz CT molecular complexity index is 924. The largest absolute Gasteiger partial charge is 0.497 e. The molecule has 6 nitrogen and oxygen atoms in total. The van der Waals surface area contributed by atoms with E-state index in [2.05, 4.69) is 27.8 Å². The molecular weight excluding hydrogens is 408 g/mol. The molecule has 0 saturated heterocycles. The summed E-state index contributed by atoms with van der Waals surface area (Å²) in [6, 6.07) is 21.6. The van der Waals surface area contributed by atoms with Crippen LogP contribution in [0.4, 0.5) is 0 Å². The van der Waals surface area contributed by atoms with Gasteiger partial charge in [0, 0.05) is 32.0 Å². The van der Waals surface area contributed by atoms with Crippen molar-refractivity contribution in [2.24, 2.45) is 0 Å². The number of pyridine rings is 1. The van der Waals surface area contributed by atoms with E-state index in [1.54, 1.807) is 13.3 Å². The molecule has 0 fully saturated rings. The van der Waals surface area contributed by atoms with Crippen molar-refractivity contribution in [3.63, 3.8) is 0 Å². The number of hydrogen-bond acceptors (Lipinski definition) is 4. The van der Waals surface area contributed by atoms with Crippen LogP contribution in [0, 0.1) is 0 Å². The summed E-state index contributed by atoms with van der Waals surface area (Å²) in [5.74, 6) is 0.661. The number of rotatable bonds is 9. The third-order valence-electron chi connectivity index (χ3n) is 4.65. The number of carbonyl (C=O) groups excluding carboxylic acids is 1. The van der Waals surface area contributed by atoms with Crippen molar-refractivity contribution in [1.29, 1.82) is 0 Å². The molecule has 0 radical (unpaired) electrons. The predicted molar refractivity (Wildman–Crippen MR) is 125 cm³/mol. The lowest BCUT2D eigenvalue weighted by molar-refractivity contribution is -0.120. The molecule has 2 aromatic carbocycles. The van der Waals surface area contributed by atoms with Crippen LogP contribution in [0.25, 0.3) is 0 Å². The number of carbonyl (C=O) groups is 1. The van der Waals surface area contributed by atoms with E-state index in [-0.39, 0.29) is 12.5 Å². The minimum Gasteiger partial charge on any atom is -0.497 e. The summed E-state index contributed by atoms with van der Waals surface area (Å²) in [6.07, 6.45) is 3.57. The molecule has 2 N–H and O–H groups in total. The fourth-order valence-corrected chi connectivity index (χ4v) is 3.19. The second kappa shape index (κ2) is 11.7. The molecule has 0 saturated carbocycles. The van der Waals surface area contributed by atoms with Crippen LogP contribution in [0.3, 0.4) is 0 Å². The predicted octanol–water partition coefficient (Wildman–Crippen LogP) is 3.28. The normalized spacial score (nSPS) is 10.2. The Kier molecular flexibility index (Phi) is 8.37. The number of amides is 1. The number of nitrogens with zero attached hydrogens (tertiary/aromatic N) is 2. The molecule has 0 aliphatic rings. The van der Waals surface area contributed by atoms with Gasteiger partial charge in [-0.15, -0.1) is 0 Å². The molecule has 0 aliphatic heterocycles. The van der Waals surface area contributed by atoms with Gasteiger partial charge >= 0.3 is 0 Å². The van der Waals surface area contributed by atoms with Crippen LogP contribution in [-0.4, -0.2) is 34.6 Å². The van der Waals surface area contributed by atoms with Gasteiger partial charge in [0.1, 0.15) is 5.75 Å². The van der Waals surface area contributed by atoms with E-state index < -0.39 is 0 Å².